The number of rotatable bonds is 4. The number of fused-ring (bicyclic) bond motifs is 1. The van der Waals surface area contributed by atoms with Gasteiger partial charge in [0.2, 0.25) is 5.95 Å². The van der Waals surface area contributed by atoms with Gasteiger partial charge in [0.1, 0.15) is 5.69 Å². The summed E-state index contributed by atoms with van der Waals surface area (Å²) in [6.07, 6.45) is -8.39. The summed E-state index contributed by atoms with van der Waals surface area (Å²) in [7, 11) is 0. The number of aromatic nitrogens is 3. The lowest BCUT2D eigenvalue weighted by atomic mass is 9.77. The van der Waals surface area contributed by atoms with E-state index in [1.54, 1.807) is 29.7 Å². The molecule has 0 amide bonds. The van der Waals surface area contributed by atoms with E-state index in [0.717, 1.165) is 12.1 Å². The Hall–Kier alpha value is -2.82. The second-order valence-electron chi connectivity index (χ2n) is 8.04. The van der Waals surface area contributed by atoms with Crippen molar-refractivity contribution in [3.8, 4) is 11.3 Å². The first-order valence-electron chi connectivity index (χ1n) is 9.42. The third-order valence-electron chi connectivity index (χ3n) is 5.25. The number of benzene rings is 1. The summed E-state index contributed by atoms with van der Waals surface area (Å²) in [4.78, 5) is 0. The average Bonchev–Trinajstić information content (AvgIpc) is 3.09. The second kappa shape index (κ2) is 7.11. The Balaban J connectivity index is 1.76. The monoisotopic (exact) mass is 444 g/mol. The summed E-state index contributed by atoms with van der Waals surface area (Å²) in [5, 5.41) is 21.1. The first-order chi connectivity index (χ1) is 14.3. The molecule has 1 saturated carbocycles. The van der Waals surface area contributed by atoms with Crippen LogP contribution in [0.2, 0.25) is 0 Å². The summed E-state index contributed by atoms with van der Waals surface area (Å²) in [6, 6.07) is 5.43. The van der Waals surface area contributed by atoms with Crippen LogP contribution in [-0.4, -0.2) is 37.5 Å². The molecule has 31 heavy (non-hydrogen) atoms. The van der Waals surface area contributed by atoms with Crippen LogP contribution in [0.4, 0.5) is 32.3 Å². The molecule has 1 aliphatic carbocycles. The molecule has 0 unspecified atom stereocenters. The average molecular weight is 444 g/mol. The van der Waals surface area contributed by atoms with E-state index in [1.807, 2.05) is 0 Å². The molecule has 1 aromatic carbocycles. The number of hydrogen-bond acceptors (Lipinski definition) is 4. The largest absolute Gasteiger partial charge is 0.416 e. The standard InChI is InChI=1S/C20H18F6N4O/c1-18(31)9-13(10-18)27-17-29-28-16(15-3-2-6-30(15)17)14-5-4-12(20(24,25)26)7-11(14)8-19(21,22)23/h2-7,13,31H,8-10H2,1H3,(H,27,29). The lowest BCUT2D eigenvalue weighted by Crippen LogP contribution is -2.48. The molecular formula is C20H18F6N4O. The molecule has 4 rings (SSSR count). The van der Waals surface area contributed by atoms with Gasteiger partial charge in [0.15, 0.2) is 0 Å². The Labute approximate surface area is 172 Å². The minimum atomic E-state index is -4.77. The van der Waals surface area contributed by atoms with Crippen molar-refractivity contribution in [3.05, 3.63) is 47.7 Å². The number of nitrogens with zero attached hydrogens (tertiary/aromatic N) is 3. The Morgan fingerprint density at radius 2 is 1.84 bits per heavy atom. The number of alkyl halides is 6. The van der Waals surface area contributed by atoms with E-state index in [9.17, 15) is 31.4 Å². The van der Waals surface area contributed by atoms with Gasteiger partial charge in [0.25, 0.3) is 0 Å². The number of nitrogens with one attached hydrogen (secondary N) is 1. The van der Waals surface area contributed by atoms with Crippen LogP contribution in [0.1, 0.15) is 30.9 Å². The van der Waals surface area contributed by atoms with Crippen molar-refractivity contribution in [2.24, 2.45) is 0 Å². The maximum Gasteiger partial charge on any atom is 0.416 e. The van der Waals surface area contributed by atoms with Crippen LogP contribution in [0, 0.1) is 0 Å². The molecule has 0 bridgehead atoms. The van der Waals surface area contributed by atoms with Crippen molar-refractivity contribution in [2.75, 3.05) is 5.32 Å². The molecule has 0 aliphatic heterocycles. The highest BCUT2D eigenvalue weighted by molar-refractivity contribution is 5.80. The smallest absolute Gasteiger partial charge is 0.390 e. The number of hydrogen-bond donors (Lipinski definition) is 2. The molecular weight excluding hydrogens is 426 g/mol. The Bertz CT molecular complexity index is 1110. The van der Waals surface area contributed by atoms with Gasteiger partial charge >= 0.3 is 12.4 Å². The van der Waals surface area contributed by atoms with E-state index >= 15 is 0 Å². The first-order valence-corrected chi connectivity index (χ1v) is 9.42. The third kappa shape index (κ3) is 4.46. The summed E-state index contributed by atoms with van der Waals surface area (Å²) < 4.78 is 80.0. The zero-order chi connectivity index (χ0) is 22.6. The lowest BCUT2D eigenvalue weighted by Gasteiger charge is -2.41. The summed E-state index contributed by atoms with van der Waals surface area (Å²) >= 11 is 0. The molecule has 0 radical (unpaired) electrons. The van der Waals surface area contributed by atoms with E-state index in [-0.39, 0.29) is 17.3 Å². The van der Waals surface area contributed by atoms with E-state index in [2.05, 4.69) is 15.5 Å². The maximum absolute atomic E-state index is 13.1. The summed E-state index contributed by atoms with van der Waals surface area (Å²) in [6.45, 7) is 1.71. The summed E-state index contributed by atoms with van der Waals surface area (Å²) in [5.41, 5.74) is -2.09. The minimum Gasteiger partial charge on any atom is -0.390 e. The van der Waals surface area contributed by atoms with Gasteiger partial charge in [-0.15, -0.1) is 10.2 Å². The van der Waals surface area contributed by atoms with Crippen LogP contribution in [0.25, 0.3) is 16.8 Å². The van der Waals surface area contributed by atoms with Crippen molar-refractivity contribution in [3.63, 3.8) is 0 Å². The zero-order valence-corrected chi connectivity index (χ0v) is 16.2. The molecule has 3 aromatic rings. The van der Waals surface area contributed by atoms with Gasteiger partial charge in [-0.1, -0.05) is 6.07 Å². The lowest BCUT2D eigenvalue weighted by molar-refractivity contribution is -0.138. The van der Waals surface area contributed by atoms with Gasteiger partial charge in [0, 0.05) is 17.8 Å². The van der Waals surface area contributed by atoms with E-state index in [0.29, 0.717) is 30.4 Å². The molecule has 1 fully saturated rings. The van der Waals surface area contributed by atoms with E-state index in [1.165, 1.54) is 0 Å². The molecule has 0 spiro atoms. The van der Waals surface area contributed by atoms with Crippen molar-refractivity contribution < 1.29 is 31.4 Å². The van der Waals surface area contributed by atoms with Crippen LogP contribution < -0.4 is 5.32 Å². The van der Waals surface area contributed by atoms with Gasteiger partial charge in [0.05, 0.1) is 23.1 Å². The Morgan fingerprint density at radius 3 is 2.45 bits per heavy atom. The van der Waals surface area contributed by atoms with Gasteiger partial charge < -0.3 is 10.4 Å². The highest BCUT2D eigenvalue weighted by atomic mass is 19.4. The van der Waals surface area contributed by atoms with Crippen LogP contribution >= 0.6 is 0 Å². The quantitative estimate of drug-likeness (QED) is 0.565. The van der Waals surface area contributed by atoms with Gasteiger partial charge in [-0.2, -0.15) is 26.3 Å². The van der Waals surface area contributed by atoms with Crippen molar-refractivity contribution >= 4 is 11.5 Å². The Kier molecular flexibility index (Phi) is 4.91. The molecule has 2 N–H and O–H groups in total. The first kappa shape index (κ1) is 21.4. The van der Waals surface area contributed by atoms with E-state index in [4.69, 9.17) is 0 Å². The molecule has 11 heteroatoms. The third-order valence-corrected chi connectivity index (χ3v) is 5.25. The molecule has 166 valence electrons. The van der Waals surface area contributed by atoms with Crippen LogP contribution in [0.5, 0.6) is 0 Å². The van der Waals surface area contributed by atoms with Gasteiger partial charge in [-0.25, -0.2) is 0 Å². The topological polar surface area (TPSA) is 62.5 Å². The van der Waals surface area contributed by atoms with Crippen molar-refractivity contribution in [2.45, 2.75) is 50.2 Å². The number of aliphatic hydroxyl groups is 1. The molecule has 1 aliphatic rings. The molecule has 0 atom stereocenters. The van der Waals surface area contributed by atoms with Crippen LogP contribution in [0.3, 0.4) is 0 Å². The molecule has 0 saturated heterocycles. The van der Waals surface area contributed by atoms with Crippen molar-refractivity contribution in [1.82, 2.24) is 14.6 Å². The SMILES string of the molecule is CC1(O)CC(Nc2nnc(-c3ccc(C(F)(F)F)cc3CC(F)(F)F)c3cccn23)C1. The maximum atomic E-state index is 13.1. The van der Waals surface area contributed by atoms with Gasteiger partial charge in [-0.05, 0) is 49.6 Å². The predicted octanol–water partition coefficient (Wildman–Crippen LogP) is 4.85. The van der Waals surface area contributed by atoms with Crippen molar-refractivity contribution in [1.29, 1.82) is 0 Å². The molecule has 5 nitrogen and oxygen atoms in total. The minimum absolute atomic E-state index is 0.0455. The molecule has 2 aromatic heterocycles. The highest BCUT2D eigenvalue weighted by Crippen LogP contribution is 2.37. The van der Waals surface area contributed by atoms with Crippen LogP contribution in [-0.2, 0) is 12.6 Å². The fourth-order valence-corrected chi connectivity index (χ4v) is 3.90. The zero-order valence-electron chi connectivity index (χ0n) is 16.2. The highest BCUT2D eigenvalue weighted by Gasteiger charge is 2.39. The van der Waals surface area contributed by atoms with Gasteiger partial charge in [-0.3, -0.25) is 4.40 Å². The fourth-order valence-electron chi connectivity index (χ4n) is 3.90. The second-order valence-corrected chi connectivity index (χ2v) is 8.04. The number of halogens is 6. The fraction of sp³-hybridized carbons (Fsp3) is 0.400. The van der Waals surface area contributed by atoms with Crippen LogP contribution in [0.15, 0.2) is 36.5 Å². The van der Waals surface area contributed by atoms with E-state index < -0.39 is 35.5 Å². The normalized spacial score (nSPS) is 21.9. The summed E-state index contributed by atoms with van der Waals surface area (Å²) in [5.74, 6) is 0.327. The predicted molar refractivity (Wildman–Crippen MR) is 100 cm³/mol. The molecule has 2 heterocycles. The Morgan fingerprint density at radius 1 is 1.13 bits per heavy atom. The number of anilines is 1.